The van der Waals surface area contributed by atoms with Gasteiger partial charge in [0, 0.05) is 17.6 Å². The first-order chi connectivity index (χ1) is 14.6. The van der Waals surface area contributed by atoms with E-state index in [1.54, 1.807) is 4.90 Å². The van der Waals surface area contributed by atoms with E-state index in [9.17, 15) is 22.4 Å². The van der Waals surface area contributed by atoms with Gasteiger partial charge in [-0.25, -0.2) is 13.9 Å². The first-order valence-corrected chi connectivity index (χ1v) is 10.2. The van der Waals surface area contributed by atoms with Gasteiger partial charge in [0.1, 0.15) is 10.8 Å². The fraction of sp³-hybridized carbons (Fsp3) is 0.381. The first-order valence-electron chi connectivity index (χ1n) is 9.83. The molecule has 1 amide bonds. The predicted octanol–water partition coefficient (Wildman–Crippen LogP) is 5.61. The van der Waals surface area contributed by atoms with Crippen LogP contribution in [0.25, 0.3) is 16.9 Å². The summed E-state index contributed by atoms with van der Waals surface area (Å²) in [6.45, 7) is 3.78. The minimum absolute atomic E-state index is 0.0552. The number of benzene rings is 1. The van der Waals surface area contributed by atoms with E-state index in [0.29, 0.717) is 4.52 Å². The fourth-order valence-corrected chi connectivity index (χ4v) is 4.28. The Morgan fingerprint density at radius 2 is 1.74 bits per heavy atom. The Morgan fingerprint density at radius 3 is 2.32 bits per heavy atom. The zero-order valence-electron chi connectivity index (χ0n) is 16.7. The highest BCUT2D eigenvalue weighted by molar-refractivity contribution is 6.36. The average molecular weight is 455 g/mol. The molecule has 1 saturated heterocycles. The third-order valence-corrected chi connectivity index (χ3v) is 5.94. The molecular weight excluding hydrogens is 436 g/mol. The SMILES string of the molecule is C[C@H]1CCC[C@H](C)N1C(=O)c1nn2c(C(F)(F)F)cc(-c3ccc(F)cc3)nc2c1Cl. The van der Waals surface area contributed by atoms with Crippen molar-refractivity contribution < 1.29 is 22.4 Å². The second-order valence-electron chi connectivity index (χ2n) is 7.77. The van der Waals surface area contributed by atoms with Gasteiger partial charge in [-0.3, -0.25) is 4.79 Å². The van der Waals surface area contributed by atoms with Crippen LogP contribution in [0.4, 0.5) is 17.6 Å². The van der Waals surface area contributed by atoms with Gasteiger partial charge in [-0.15, -0.1) is 0 Å². The van der Waals surface area contributed by atoms with Crippen molar-refractivity contribution in [2.75, 3.05) is 0 Å². The Labute approximate surface area is 180 Å². The number of piperidine rings is 1. The van der Waals surface area contributed by atoms with Gasteiger partial charge in [0.05, 0.1) is 5.69 Å². The molecule has 0 N–H and O–H groups in total. The van der Waals surface area contributed by atoms with Crippen LogP contribution < -0.4 is 0 Å². The molecule has 0 bridgehead atoms. The molecule has 5 nitrogen and oxygen atoms in total. The van der Waals surface area contributed by atoms with Gasteiger partial charge in [-0.05, 0) is 63.4 Å². The quantitative estimate of drug-likeness (QED) is 0.473. The van der Waals surface area contributed by atoms with Gasteiger partial charge in [0.2, 0.25) is 0 Å². The third-order valence-electron chi connectivity index (χ3n) is 5.59. The van der Waals surface area contributed by atoms with Crippen molar-refractivity contribution in [1.82, 2.24) is 19.5 Å². The summed E-state index contributed by atoms with van der Waals surface area (Å²) in [7, 11) is 0. The Bertz CT molecular complexity index is 1130. The van der Waals surface area contributed by atoms with Crippen molar-refractivity contribution in [2.45, 2.75) is 51.4 Å². The minimum atomic E-state index is -4.78. The molecule has 3 heterocycles. The molecule has 0 unspecified atom stereocenters. The number of carbonyl (C=O) groups is 1. The molecule has 31 heavy (non-hydrogen) atoms. The van der Waals surface area contributed by atoms with E-state index in [2.05, 4.69) is 10.1 Å². The number of aromatic nitrogens is 3. The molecule has 3 aromatic rings. The van der Waals surface area contributed by atoms with Crippen LogP contribution in [0.2, 0.25) is 5.02 Å². The molecule has 0 saturated carbocycles. The summed E-state index contributed by atoms with van der Waals surface area (Å²) in [5, 5.41) is 3.68. The molecule has 10 heteroatoms. The molecular formula is C21H19ClF4N4O. The summed E-state index contributed by atoms with van der Waals surface area (Å²) in [6.07, 6.45) is -2.23. The average Bonchev–Trinajstić information content (AvgIpc) is 3.03. The van der Waals surface area contributed by atoms with Crippen LogP contribution >= 0.6 is 11.6 Å². The normalized spacial score (nSPS) is 19.8. The topological polar surface area (TPSA) is 50.5 Å². The van der Waals surface area contributed by atoms with E-state index in [1.165, 1.54) is 12.1 Å². The summed E-state index contributed by atoms with van der Waals surface area (Å²) in [5.41, 5.74) is -1.45. The van der Waals surface area contributed by atoms with E-state index in [1.807, 2.05) is 13.8 Å². The number of likely N-dealkylation sites (tertiary alicyclic amines) is 1. The number of alkyl halides is 3. The van der Waals surface area contributed by atoms with Crippen molar-refractivity contribution in [3.8, 4) is 11.3 Å². The highest BCUT2D eigenvalue weighted by Gasteiger charge is 2.38. The summed E-state index contributed by atoms with van der Waals surface area (Å²) in [4.78, 5) is 19.0. The number of nitrogens with zero attached hydrogens (tertiary/aromatic N) is 4. The lowest BCUT2D eigenvalue weighted by Crippen LogP contribution is -2.47. The van der Waals surface area contributed by atoms with Crippen LogP contribution in [0.1, 0.15) is 49.3 Å². The van der Waals surface area contributed by atoms with Crippen molar-refractivity contribution in [3.63, 3.8) is 0 Å². The van der Waals surface area contributed by atoms with E-state index in [0.717, 1.165) is 37.5 Å². The largest absolute Gasteiger partial charge is 0.433 e. The Hall–Kier alpha value is -2.68. The molecule has 164 valence electrons. The van der Waals surface area contributed by atoms with E-state index < -0.39 is 23.6 Å². The fourth-order valence-electron chi connectivity index (χ4n) is 4.04. The first kappa shape index (κ1) is 21.5. The van der Waals surface area contributed by atoms with Crippen LogP contribution in [0.5, 0.6) is 0 Å². The number of hydrogen-bond acceptors (Lipinski definition) is 3. The molecule has 1 aromatic carbocycles. The monoisotopic (exact) mass is 454 g/mol. The number of rotatable bonds is 2. The van der Waals surface area contributed by atoms with Crippen molar-refractivity contribution in [3.05, 3.63) is 52.6 Å². The van der Waals surface area contributed by atoms with Gasteiger partial charge in [0.25, 0.3) is 5.91 Å². The lowest BCUT2D eigenvalue weighted by atomic mass is 9.97. The Kier molecular flexibility index (Phi) is 5.41. The highest BCUT2D eigenvalue weighted by Crippen LogP contribution is 2.35. The zero-order chi connectivity index (χ0) is 22.5. The molecule has 2 aromatic heterocycles. The number of hydrogen-bond donors (Lipinski definition) is 0. The van der Waals surface area contributed by atoms with Gasteiger partial charge in [-0.2, -0.15) is 18.3 Å². The standard InChI is InChI=1S/C21H19ClF4N4O/c1-11-4-3-5-12(2)29(11)20(31)18-17(22)19-27-15(13-6-8-14(23)9-7-13)10-16(21(24,25)26)30(19)28-18/h6-12H,3-5H2,1-2H3/t11-,12-/m0/s1. The smallest absolute Gasteiger partial charge is 0.332 e. The number of carbonyl (C=O) groups excluding carboxylic acids is 1. The van der Waals surface area contributed by atoms with Gasteiger partial charge < -0.3 is 4.90 Å². The molecule has 0 aliphatic carbocycles. The molecule has 0 spiro atoms. The molecule has 1 aliphatic heterocycles. The molecule has 4 rings (SSSR count). The maximum atomic E-state index is 13.8. The lowest BCUT2D eigenvalue weighted by Gasteiger charge is -2.38. The van der Waals surface area contributed by atoms with Crippen LogP contribution in [0, 0.1) is 5.82 Å². The number of amides is 1. The maximum Gasteiger partial charge on any atom is 0.433 e. The summed E-state index contributed by atoms with van der Waals surface area (Å²) in [6, 6.07) is 5.54. The van der Waals surface area contributed by atoms with E-state index in [-0.39, 0.29) is 39.7 Å². The zero-order valence-corrected chi connectivity index (χ0v) is 17.5. The molecule has 1 aliphatic rings. The van der Waals surface area contributed by atoms with Crippen LogP contribution in [0.15, 0.2) is 30.3 Å². The van der Waals surface area contributed by atoms with Gasteiger partial charge in [-0.1, -0.05) is 11.6 Å². The Balaban J connectivity index is 1.89. The highest BCUT2D eigenvalue weighted by atomic mass is 35.5. The van der Waals surface area contributed by atoms with Crippen LogP contribution in [-0.2, 0) is 6.18 Å². The summed E-state index contributed by atoms with van der Waals surface area (Å²) in [5.74, 6) is -1.05. The molecule has 2 atom stereocenters. The van der Waals surface area contributed by atoms with Crippen LogP contribution in [0.3, 0.4) is 0 Å². The van der Waals surface area contributed by atoms with E-state index >= 15 is 0 Å². The van der Waals surface area contributed by atoms with E-state index in [4.69, 9.17) is 11.6 Å². The summed E-state index contributed by atoms with van der Waals surface area (Å²) < 4.78 is 55.2. The predicted molar refractivity (Wildman–Crippen MR) is 107 cm³/mol. The van der Waals surface area contributed by atoms with Gasteiger partial charge in [0.15, 0.2) is 17.0 Å². The van der Waals surface area contributed by atoms with Crippen molar-refractivity contribution in [2.24, 2.45) is 0 Å². The maximum absolute atomic E-state index is 13.8. The van der Waals surface area contributed by atoms with Crippen molar-refractivity contribution in [1.29, 1.82) is 0 Å². The third kappa shape index (κ3) is 3.86. The molecule has 0 radical (unpaired) electrons. The van der Waals surface area contributed by atoms with Crippen molar-refractivity contribution >= 4 is 23.2 Å². The van der Waals surface area contributed by atoms with Crippen LogP contribution in [-0.4, -0.2) is 37.5 Å². The second kappa shape index (κ2) is 7.78. The second-order valence-corrected chi connectivity index (χ2v) is 8.15. The Morgan fingerprint density at radius 1 is 1.13 bits per heavy atom. The molecule has 1 fully saturated rings. The summed E-state index contributed by atoms with van der Waals surface area (Å²) >= 11 is 6.35. The number of halogens is 5. The minimum Gasteiger partial charge on any atom is -0.332 e. The lowest BCUT2D eigenvalue weighted by molar-refractivity contribution is -0.142. The number of fused-ring (bicyclic) bond motifs is 1. The van der Waals surface area contributed by atoms with Gasteiger partial charge >= 0.3 is 6.18 Å².